The molecule has 1 saturated carbocycles. The maximum atomic E-state index is 9.10. The lowest BCUT2D eigenvalue weighted by atomic mass is 9.88. The predicted octanol–water partition coefficient (Wildman–Crippen LogP) is 7.08. The highest BCUT2D eigenvalue weighted by Gasteiger charge is 2.45. The van der Waals surface area contributed by atoms with Gasteiger partial charge in [-0.25, -0.2) is 0 Å². The lowest BCUT2D eigenvalue weighted by Gasteiger charge is -2.30. The summed E-state index contributed by atoms with van der Waals surface area (Å²) in [5.74, 6) is 1.66. The van der Waals surface area contributed by atoms with Gasteiger partial charge in [-0.05, 0) is 88.9 Å². The Labute approximate surface area is 220 Å². The van der Waals surface area contributed by atoms with Gasteiger partial charge in [0.25, 0.3) is 0 Å². The second-order valence-electron chi connectivity index (χ2n) is 11.5. The van der Waals surface area contributed by atoms with Crippen molar-refractivity contribution in [2.45, 2.75) is 134 Å². The number of aliphatic hydroxyl groups excluding tert-OH is 1. The van der Waals surface area contributed by atoms with Crippen molar-refractivity contribution in [3.8, 4) is 0 Å². The first kappa shape index (κ1) is 28.3. The van der Waals surface area contributed by atoms with Gasteiger partial charge in [-0.3, -0.25) is 0 Å². The second kappa shape index (κ2) is 15.6. The highest BCUT2D eigenvalue weighted by Crippen LogP contribution is 2.50. The number of hydrogen-bond acceptors (Lipinski definition) is 5. The summed E-state index contributed by atoms with van der Waals surface area (Å²) < 4.78 is 25.0. The molecule has 2 saturated heterocycles. The van der Waals surface area contributed by atoms with Crippen LogP contribution in [0, 0.1) is 17.8 Å². The Morgan fingerprint density at radius 1 is 1.00 bits per heavy atom. The maximum absolute atomic E-state index is 9.10. The molecule has 1 N–H and O–H groups in total. The lowest BCUT2D eigenvalue weighted by molar-refractivity contribution is -0.193. The van der Waals surface area contributed by atoms with Crippen molar-refractivity contribution in [1.29, 1.82) is 0 Å². The van der Waals surface area contributed by atoms with E-state index in [2.05, 4.69) is 25.2 Å². The van der Waals surface area contributed by atoms with Crippen LogP contribution in [-0.2, 0) is 18.9 Å². The summed E-state index contributed by atoms with van der Waals surface area (Å²) >= 11 is 0. The SMILES string of the molecule is CCCCC[C@@H](C=C[C@H]1[C@@H]2CC(CCCCCO)=C[C@H]2C[C@H]1OC1CCCCO1)OC1CCCCO1. The fraction of sp³-hybridized carbons (Fsp3) is 0.871. The molecule has 2 aliphatic heterocycles. The molecule has 5 nitrogen and oxygen atoms in total. The molecule has 0 bridgehead atoms. The van der Waals surface area contributed by atoms with Gasteiger partial charge in [0.05, 0.1) is 12.2 Å². The molecule has 4 aliphatic rings. The fourth-order valence-electron chi connectivity index (χ4n) is 6.64. The van der Waals surface area contributed by atoms with Crippen LogP contribution in [0.5, 0.6) is 0 Å². The van der Waals surface area contributed by atoms with Gasteiger partial charge in [-0.15, -0.1) is 0 Å². The van der Waals surface area contributed by atoms with Gasteiger partial charge in [0, 0.05) is 25.7 Å². The number of ether oxygens (including phenoxy) is 4. The van der Waals surface area contributed by atoms with E-state index in [9.17, 15) is 0 Å². The molecule has 0 amide bonds. The van der Waals surface area contributed by atoms with Crippen LogP contribution in [0.1, 0.15) is 110 Å². The highest BCUT2D eigenvalue weighted by atomic mass is 16.7. The third-order valence-corrected chi connectivity index (χ3v) is 8.65. The molecule has 2 unspecified atom stereocenters. The Kier molecular flexibility index (Phi) is 12.3. The van der Waals surface area contributed by atoms with Crippen LogP contribution < -0.4 is 0 Å². The zero-order chi connectivity index (χ0) is 25.0. The van der Waals surface area contributed by atoms with Crippen LogP contribution in [0.3, 0.4) is 0 Å². The third-order valence-electron chi connectivity index (χ3n) is 8.65. The molecule has 5 heteroatoms. The van der Waals surface area contributed by atoms with Crippen LogP contribution in [0.4, 0.5) is 0 Å². The van der Waals surface area contributed by atoms with Gasteiger partial charge in [-0.1, -0.05) is 56.4 Å². The standard InChI is InChI=1S/C31H52O5/c1-2-3-5-13-26(35-30-14-7-10-19-33-30)16-17-27-28-22-24(12-6-4-9-18-32)21-25(28)23-29(27)36-31-15-8-11-20-34-31/h16-17,21,25-32H,2-15,18-20,22-23H2,1H3/t25-,26-,27-,28+,29+,30?,31?/m0/s1. The van der Waals surface area contributed by atoms with E-state index >= 15 is 0 Å². The number of rotatable bonds is 15. The zero-order valence-corrected chi connectivity index (χ0v) is 22.8. The maximum Gasteiger partial charge on any atom is 0.158 e. The second-order valence-corrected chi connectivity index (χ2v) is 11.5. The van der Waals surface area contributed by atoms with Gasteiger partial charge < -0.3 is 24.1 Å². The van der Waals surface area contributed by atoms with E-state index in [0.717, 1.165) is 64.6 Å². The molecular weight excluding hydrogens is 452 g/mol. The molecule has 0 aromatic rings. The Morgan fingerprint density at radius 2 is 1.81 bits per heavy atom. The van der Waals surface area contributed by atoms with E-state index in [0.29, 0.717) is 24.4 Å². The van der Waals surface area contributed by atoms with Crippen LogP contribution in [0.15, 0.2) is 23.8 Å². The van der Waals surface area contributed by atoms with Crippen molar-refractivity contribution in [3.63, 3.8) is 0 Å². The monoisotopic (exact) mass is 504 g/mol. The Hall–Kier alpha value is -0.720. The third kappa shape index (κ3) is 8.66. The predicted molar refractivity (Wildman–Crippen MR) is 144 cm³/mol. The normalized spacial score (nSPS) is 33.7. The number of unbranched alkanes of at least 4 members (excludes halogenated alkanes) is 4. The van der Waals surface area contributed by atoms with Crippen LogP contribution in [-0.4, -0.2) is 49.7 Å². The number of aliphatic hydroxyl groups is 1. The number of allylic oxidation sites excluding steroid dienone is 2. The summed E-state index contributed by atoms with van der Waals surface area (Å²) in [6, 6.07) is 0. The van der Waals surface area contributed by atoms with Gasteiger partial charge in [0.1, 0.15) is 0 Å². The van der Waals surface area contributed by atoms with E-state index in [4.69, 9.17) is 24.1 Å². The van der Waals surface area contributed by atoms with Gasteiger partial charge in [0.2, 0.25) is 0 Å². The van der Waals surface area contributed by atoms with Gasteiger partial charge >= 0.3 is 0 Å². The summed E-state index contributed by atoms with van der Waals surface area (Å²) in [7, 11) is 0. The molecule has 0 spiro atoms. The van der Waals surface area contributed by atoms with Crippen molar-refractivity contribution in [1.82, 2.24) is 0 Å². The molecule has 2 heterocycles. The van der Waals surface area contributed by atoms with E-state index in [1.54, 1.807) is 5.57 Å². The molecule has 7 atom stereocenters. The minimum Gasteiger partial charge on any atom is -0.396 e. The summed E-state index contributed by atoms with van der Waals surface area (Å²) in [5, 5.41) is 9.10. The van der Waals surface area contributed by atoms with Crippen LogP contribution in [0.2, 0.25) is 0 Å². The molecular formula is C31H52O5. The van der Waals surface area contributed by atoms with Crippen molar-refractivity contribution < 1.29 is 24.1 Å². The fourth-order valence-corrected chi connectivity index (χ4v) is 6.64. The van der Waals surface area contributed by atoms with Crippen molar-refractivity contribution in [2.75, 3.05) is 19.8 Å². The Balaban J connectivity index is 1.40. The zero-order valence-electron chi connectivity index (χ0n) is 22.8. The summed E-state index contributed by atoms with van der Waals surface area (Å²) in [4.78, 5) is 0. The van der Waals surface area contributed by atoms with E-state index in [1.165, 1.54) is 51.4 Å². The van der Waals surface area contributed by atoms with E-state index < -0.39 is 0 Å². The van der Waals surface area contributed by atoms with Gasteiger partial charge in [-0.2, -0.15) is 0 Å². The number of hydrogen-bond donors (Lipinski definition) is 1. The first-order valence-electron chi connectivity index (χ1n) is 15.3. The van der Waals surface area contributed by atoms with Crippen molar-refractivity contribution in [3.05, 3.63) is 23.8 Å². The topological polar surface area (TPSA) is 57.2 Å². The van der Waals surface area contributed by atoms with E-state index in [1.807, 2.05) is 0 Å². The quantitative estimate of drug-likeness (QED) is 0.191. The van der Waals surface area contributed by atoms with Gasteiger partial charge in [0.15, 0.2) is 12.6 Å². The Bertz CT molecular complexity index is 664. The molecule has 0 radical (unpaired) electrons. The van der Waals surface area contributed by atoms with Crippen molar-refractivity contribution in [2.24, 2.45) is 17.8 Å². The molecule has 0 aromatic carbocycles. The smallest absolute Gasteiger partial charge is 0.158 e. The van der Waals surface area contributed by atoms with Crippen molar-refractivity contribution >= 4 is 0 Å². The molecule has 206 valence electrons. The van der Waals surface area contributed by atoms with Crippen LogP contribution in [0.25, 0.3) is 0 Å². The first-order chi connectivity index (χ1) is 17.8. The average molecular weight is 505 g/mol. The molecule has 36 heavy (non-hydrogen) atoms. The van der Waals surface area contributed by atoms with Crippen LogP contribution >= 0.6 is 0 Å². The highest BCUT2D eigenvalue weighted by molar-refractivity contribution is 5.21. The molecule has 2 aliphatic carbocycles. The minimum atomic E-state index is -0.0484. The minimum absolute atomic E-state index is 0.0346. The average Bonchev–Trinajstić information content (AvgIpc) is 3.43. The van der Waals surface area contributed by atoms with E-state index in [-0.39, 0.29) is 24.8 Å². The molecule has 4 rings (SSSR count). The lowest BCUT2D eigenvalue weighted by Crippen LogP contribution is -2.31. The molecule has 3 fully saturated rings. The molecule has 0 aromatic heterocycles. The largest absolute Gasteiger partial charge is 0.396 e. The number of fused-ring (bicyclic) bond motifs is 1. The summed E-state index contributed by atoms with van der Waals surface area (Å²) in [5.41, 5.74) is 1.63. The Morgan fingerprint density at radius 3 is 2.53 bits per heavy atom. The summed E-state index contributed by atoms with van der Waals surface area (Å²) in [6.45, 7) is 4.23. The summed E-state index contributed by atoms with van der Waals surface area (Å²) in [6.07, 6.45) is 25.9. The first-order valence-corrected chi connectivity index (χ1v) is 15.3.